The molecule has 0 bridgehead atoms. The number of aryl methyl sites for hydroxylation is 5. The molecule has 1 saturated carbocycles. The quantitative estimate of drug-likeness (QED) is 0.322. The van der Waals surface area contributed by atoms with Crippen molar-refractivity contribution in [2.75, 3.05) is 0 Å². The number of rotatable bonds is 5. The van der Waals surface area contributed by atoms with Gasteiger partial charge in [-0.25, -0.2) is 14.4 Å². The SMILES string of the molecule is [2H]C([2H])([2H])n1ncc([C@H]2C[C@@H]2c2cc(C)n(-c3c(C)cnc(-c4cccc(-n5nc(C)nc5C)n4)c3F)c(=O)c2Cl)n1. The highest BCUT2D eigenvalue weighted by Crippen LogP contribution is 2.55. The van der Waals surface area contributed by atoms with Gasteiger partial charge in [0.05, 0.1) is 23.3 Å². The van der Waals surface area contributed by atoms with Gasteiger partial charge in [-0.3, -0.25) is 14.3 Å². The van der Waals surface area contributed by atoms with Gasteiger partial charge in [0, 0.05) is 28.9 Å². The first kappa shape index (κ1) is 21.7. The fraction of sp³-hybridized carbons (Fsp3) is 0.296. The summed E-state index contributed by atoms with van der Waals surface area (Å²) in [5.41, 5.74) is 1.73. The summed E-state index contributed by atoms with van der Waals surface area (Å²) in [6.07, 6.45) is 3.54. The van der Waals surface area contributed by atoms with Crippen LogP contribution in [-0.4, -0.2) is 44.3 Å². The van der Waals surface area contributed by atoms with Crippen molar-refractivity contribution in [1.82, 2.24) is 44.3 Å². The molecule has 1 aliphatic carbocycles. The van der Waals surface area contributed by atoms with Crippen molar-refractivity contribution in [2.45, 2.75) is 46.0 Å². The Morgan fingerprint density at radius 2 is 1.92 bits per heavy atom. The van der Waals surface area contributed by atoms with Gasteiger partial charge >= 0.3 is 0 Å². The molecule has 198 valence electrons. The van der Waals surface area contributed by atoms with E-state index in [1.807, 2.05) is 0 Å². The van der Waals surface area contributed by atoms with Gasteiger partial charge in [0.15, 0.2) is 11.6 Å². The molecule has 5 aromatic heterocycles. The first-order valence-electron chi connectivity index (χ1n) is 13.7. The molecule has 0 N–H and O–H groups in total. The number of aromatic nitrogens is 9. The summed E-state index contributed by atoms with van der Waals surface area (Å²) in [5.74, 6) is 0.673. The third-order valence-electron chi connectivity index (χ3n) is 6.91. The van der Waals surface area contributed by atoms with Crippen molar-refractivity contribution in [1.29, 1.82) is 0 Å². The summed E-state index contributed by atoms with van der Waals surface area (Å²) in [4.78, 5) is 27.5. The summed E-state index contributed by atoms with van der Waals surface area (Å²) in [5, 5.41) is 12.3. The van der Waals surface area contributed by atoms with Crippen molar-refractivity contribution in [3.63, 3.8) is 0 Å². The molecule has 0 unspecified atom stereocenters. The van der Waals surface area contributed by atoms with Crippen LogP contribution in [0.25, 0.3) is 22.9 Å². The van der Waals surface area contributed by atoms with E-state index in [-0.39, 0.29) is 33.9 Å². The van der Waals surface area contributed by atoms with Crippen molar-refractivity contribution in [3.05, 3.63) is 92.0 Å². The molecule has 1 fully saturated rings. The maximum absolute atomic E-state index is 16.3. The highest BCUT2D eigenvalue weighted by atomic mass is 35.5. The second-order valence-electron chi connectivity index (χ2n) is 9.65. The van der Waals surface area contributed by atoms with Crippen LogP contribution in [0.3, 0.4) is 0 Å². The molecule has 1 aliphatic rings. The van der Waals surface area contributed by atoms with E-state index in [0.717, 1.165) is 0 Å². The minimum Gasteiger partial charge on any atom is -0.277 e. The zero-order valence-corrected chi connectivity index (χ0v) is 22.3. The lowest BCUT2D eigenvalue weighted by Crippen LogP contribution is -2.24. The van der Waals surface area contributed by atoms with E-state index >= 15 is 4.39 Å². The Morgan fingerprint density at radius 3 is 2.64 bits per heavy atom. The largest absolute Gasteiger partial charge is 0.277 e. The van der Waals surface area contributed by atoms with E-state index in [0.29, 0.717) is 51.2 Å². The Kier molecular flexibility index (Phi) is 5.11. The number of pyridine rings is 3. The Balaban J connectivity index is 1.38. The average molecular weight is 549 g/mol. The molecule has 0 aliphatic heterocycles. The van der Waals surface area contributed by atoms with E-state index in [4.69, 9.17) is 15.7 Å². The topological polar surface area (TPSA) is 109 Å². The van der Waals surface area contributed by atoms with Crippen LogP contribution in [0.5, 0.6) is 0 Å². The average Bonchev–Trinajstić information content (AvgIpc) is 3.39. The highest BCUT2D eigenvalue weighted by molar-refractivity contribution is 6.31. The van der Waals surface area contributed by atoms with E-state index in [9.17, 15) is 4.79 Å². The third-order valence-corrected chi connectivity index (χ3v) is 7.29. The fourth-order valence-corrected chi connectivity index (χ4v) is 5.30. The van der Waals surface area contributed by atoms with E-state index < -0.39 is 18.4 Å². The van der Waals surface area contributed by atoms with Gasteiger partial charge in [-0.1, -0.05) is 17.7 Å². The second kappa shape index (κ2) is 9.19. The Morgan fingerprint density at radius 1 is 1.10 bits per heavy atom. The van der Waals surface area contributed by atoms with Crippen molar-refractivity contribution >= 4 is 11.6 Å². The molecule has 0 radical (unpaired) electrons. The van der Waals surface area contributed by atoms with Crippen molar-refractivity contribution < 1.29 is 8.50 Å². The molecule has 5 aromatic rings. The van der Waals surface area contributed by atoms with Crippen LogP contribution in [0, 0.1) is 33.5 Å². The predicted octanol–water partition coefficient (Wildman–Crippen LogP) is 4.30. The molecule has 5 heterocycles. The van der Waals surface area contributed by atoms with Crippen molar-refractivity contribution in [2.24, 2.45) is 6.98 Å². The van der Waals surface area contributed by atoms with E-state index in [2.05, 4.69) is 30.2 Å². The monoisotopic (exact) mass is 548 g/mol. The van der Waals surface area contributed by atoms with Gasteiger partial charge in [-0.15, -0.1) is 5.10 Å². The number of nitrogens with zero attached hydrogens (tertiary/aromatic N) is 9. The van der Waals surface area contributed by atoms with Crippen LogP contribution in [-0.2, 0) is 6.98 Å². The number of hydrogen-bond donors (Lipinski definition) is 0. The van der Waals surface area contributed by atoms with Gasteiger partial charge in [0.1, 0.15) is 22.4 Å². The maximum atomic E-state index is 16.3. The molecule has 0 amide bonds. The fourth-order valence-electron chi connectivity index (χ4n) is 5.02. The molecule has 0 aromatic carbocycles. The molecule has 39 heavy (non-hydrogen) atoms. The smallest absolute Gasteiger partial charge is 0.274 e. The Hall–Kier alpha value is -4.25. The van der Waals surface area contributed by atoms with E-state index in [1.54, 1.807) is 56.6 Å². The lowest BCUT2D eigenvalue weighted by Gasteiger charge is -2.17. The summed E-state index contributed by atoms with van der Waals surface area (Å²) in [6, 6.07) is 6.85. The van der Waals surface area contributed by atoms with E-state index in [1.165, 1.54) is 17.0 Å². The zero-order chi connectivity index (χ0) is 30.1. The summed E-state index contributed by atoms with van der Waals surface area (Å²) < 4.78 is 41.5. The molecule has 2 atom stereocenters. The molecule has 0 spiro atoms. The third kappa shape index (κ3) is 4.22. The molecular formula is C27H25ClFN9O. The molecule has 6 rings (SSSR count). The van der Waals surface area contributed by atoms with Gasteiger partial charge in [0.2, 0.25) is 0 Å². The van der Waals surface area contributed by atoms with Gasteiger partial charge in [-0.05, 0) is 69.4 Å². The second-order valence-corrected chi connectivity index (χ2v) is 10.0. The Labute approximate surface area is 232 Å². The van der Waals surface area contributed by atoms with Crippen LogP contribution < -0.4 is 5.56 Å². The molecule has 12 heteroatoms. The summed E-state index contributed by atoms with van der Waals surface area (Å²) >= 11 is 6.62. The standard InChI is InChI=1S/C27H25ClFN9O/c1-13-11-30-25(20-7-6-8-22(33-20)38-16(4)32-15(3)34-38)24(29)26(13)37-14(2)9-19(23(28)27(37)39)17-10-18(17)21-12-31-36(5)35-21/h6-9,11-12,17-18H,10H2,1-5H3/t17-,18-/m0/s1/i5D3. The van der Waals surface area contributed by atoms with Crippen LogP contribution in [0.15, 0.2) is 41.5 Å². The first-order chi connectivity index (χ1) is 19.8. The summed E-state index contributed by atoms with van der Waals surface area (Å²) in [7, 11) is 0. The van der Waals surface area contributed by atoms with Gasteiger partial charge in [-0.2, -0.15) is 19.7 Å². The predicted molar refractivity (Wildman–Crippen MR) is 143 cm³/mol. The lowest BCUT2D eigenvalue weighted by atomic mass is 10.1. The summed E-state index contributed by atoms with van der Waals surface area (Å²) in [6.45, 7) is 4.46. The lowest BCUT2D eigenvalue weighted by molar-refractivity contribution is 0.609. The van der Waals surface area contributed by atoms with Gasteiger partial charge < -0.3 is 0 Å². The molecule has 10 nitrogen and oxygen atoms in total. The first-order valence-corrected chi connectivity index (χ1v) is 12.6. The normalized spacial score (nSPS) is 18.1. The maximum Gasteiger partial charge on any atom is 0.274 e. The zero-order valence-electron chi connectivity index (χ0n) is 24.5. The van der Waals surface area contributed by atoms with Crippen molar-refractivity contribution in [3.8, 4) is 22.9 Å². The minimum absolute atomic E-state index is 0.0296. The number of halogens is 2. The van der Waals surface area contributed by atoms with Crippen LogP contribution in [0.1, 0.15) is 56.5 Å². The highest BCUT2D eigenvalue weighted by Gasteiger charge is 2.43. The minimum atomic E-state index is -2.48. The Bertz CT molecular complexity index is 1930. The van der Waals surface area contributed by atoms with Crippen LogP contribution in [0.2, 0.25) is 5.02 Å². The van der Waals surface area contributed by atoms with Crippen LogP contribution in [0.4, 0.5) is 4.39 Å². The number of hydrogen-bond acceptors (Lipinski definition) is 7. The van der Waals surface area contributed by atoms with Gasteiger partial charge in [0.25, 0.3) is 5.56 Å². The molecular weight excluding hydrogens is 521 g/mol. The van der Waals surface area contributed by atoms with Crippen LogP contribution >= 0.6 is 11.6 Å². The molecule has 0 saturated heterocycles.